The average molecular weight is 1270 g/mol. The molecular weight excluding hydrogens is 1160 g/mol. The first-order valence-corrected chi connectivity index (χ1v) is 31.0. The molecule has 1 atom stereocenters. The third-order valence-corrected chi connectivity index (χ3v) is 12.9. The number of ether oxygens (including phenoxy) is 13. The van der Waals surface area contributed by atoms with Gasteiger partial charge in [0.1, 0.15) is 6.04 Å². The summed E-state index contributed by atoms with van der Waals surface area (Å²) in [7, 11) is 0. The zero-order valence-electron chi connectivity index (χ0n) is 51.4. The molecule has 0 aliphatic rings. The Labute approximate surface area is 510 Å². The lowest BCUT2D eigenvalue weighted by Gasteiger charge is -2.29. The van der Waals surface area contributed by atoms with Gasteiger partial charge in [0.25, 0.3) is 0 Å². The standard InChI is InChI=1S/C60H101F5N2O20/c1-2-3-4-5-6-7-11-14-17-24-67(51(69)18-15-12-9-8-10-13-16-19-52(70)71)49(60(73)74)20-21-50(68)66-23-26-76-28-30-78-32-34-80-36-38-82-40-42-84-44-46-86-48-47-85-45-43-83-41-39-81-37-35-79-33-31-77-29-27-75-25-22-53(72)87-59-57(64)55(62)54(61)56(63)58(59)65/h49H,2-48H2,1H3,(H,66,68)(H,70,71)(H,73,74). The van der Waals surface area contributed by atoms with E-state index in [2.05, 4.69) is 17.0 Å². The van der Waals surface area contributed by atoms with Gasteiger partial charge in [-0.25, -0.2) is 18.0 Å². The van der Waals surface area contributed by atoms with Gasteiger partial charge in [-0.2, -0.15) is 8.78 Å². The maximum absolute atomic E-state index is 13.6. The number of rotatable bonds is 65. The molecule has 1 unspecified atom stereocenters. The van der Waals surface area contributed by atoms with Crippen molar-refractivity contribution >= 4 is 29.7 Å². The van der Waals surface area contributed by atoms with Crippen molar-refractivity contribution in [2.75, 3.05) is 172 Å². The van der Waals surface area contributed by atoms with Crippen molar-refractivity contribution in [3.63, 3.8) is 0 Å². The maximum atomic E-state index is 13.6. The number of hydrogen-bond acceptors (Lipinski definition) is 18. The fraction of sp³-hybridized carbons (Fsp3) is 0.817. The van der Waals surface area contributed by atoms with Crippen LogP contribution in [-0.2, 0) is 80.8 Å². The van der Waals surface area contributed by atoms with Crippen LogP contribution in [0.25, 0.3) is 0 Å². The summed E-state index contributed by atoms with van der Waals surface area (Å²) in [6.07, 6.45) is 15.7. The molecule has 1 rings (SSSR count). The Balaban J connectivity index is 1.92. The predicted molar refractivity (Wildman–Crippen MR) is 308 cm³/mol. The third-order valence-electron chi connectivity index (χ3n) is 12.9. The van der Waals surface area contributed by atoms with Gasteiger partial charge in [0.15, 0.2) is 0 Å². The van der Waals surface area contributed by atoms with Gasteiger partial charge in [-0.3, -0.25) is 19.2 Å². The number of halogens is 5. The summed E-state index contributed by atoms with van der Waals surface area (Å²) in [4.78, 5) is 62.5. The number of hydrogen-bond donors (Lipinski definition) is 3. The van der Waals surface area contributed by atoms with E-state index in [4.69, 9.17) is 61.9 Å². The molecule has 0 spiro atoms. The number of unbranched alkanes of at least 4 members (excludes halogenated alkanes) is 14. The minimum absolute atomic E-state index is 0.0185. The first-order chi connectivity index (χ1) is 42.3. The van der Waals surface area contributed by atoms with Crippen LogP contribution in [0.4, 0.5) is 22.0 Å². The number of benzene rings is 1. The van der Waals surface area contributed by atoms with E-state index in [0.717, 1.165) is 51.4 Å². The van der Waals surface area contributed by atoms with Crippen LogP contribution in [0.5, 0.6) is 5.75 Å². The Morgan fingerprint density at radius 2 is 0.713 bits per heavy atom. The second-order valence-corrected chi connectivity index (χ2v) is 20.0. The molecule has 0 saturated heterocycles. The Kier molecular flexibility index (Phi) is 54.0. The summed E-state index contributed by atoms with van der Waals surface area (Å²) in [6, 6.07) is -1.09. The van der Waals surface area contributed by atoms with Crippen molar-refractivity contribution in [3.8, 4) is 5.75 Å². The maximum Gasteiger partial charge on any atom is 0.326 e. The highest BCUT2D eigenvalue weighted by atomic mass is 19.2. The molecule has 0 aliphatic carbocycles. The van der Waals surface area contributed by atoms with Crippen LogP contribution in [0.2, 0.25) is 0 Å². The topological polar surface area (TPSA) is 261 Å². The molecular formula is C60H101F5N2O20. The second kappa shape index (κ2) is 58.1. The zero-order chi connectivity index (χ0) is 63.6. The van der Waals surface area contributed by atoms with Gasteiger partial charge in [-0.15, -0.1) is 0 Å². The number of aliphatic carboxylic acids is 2. The van der Waals surface area contributed by atoms with Gasteiger partial charge in [0, 0.05) is 32.4 Å². The zero-order valence-corrected chi connectivity index (χ0v) is 51.4. The van der Waals surface area contributed by atoms with E-state index in [-0.39, 0.29) is 83.7 Å². The van der Waals surface area contributed by atoms with E-state index < -0.39 is 65.2 Å². The van der Waals surface area contributed by atoms with Crippen molar-refractivity contribution in [1.29, 1.82) is 0 Å². The Morgan fingerprint density at radius 1 is 0.391 bits per heavy atom. The minimum Gasteiger partial charge on any atom is -0.481 e. The molecule has 1 aromatic carbocycles. The van der Waals surface area contributed by atoms with Gasteiger partial charge in [-0.05, 0) is 25.7 Å². The van der Waals surface area contributed by atoms with E-state index in [1.807, 2.05) is 0 Å². The van der Waals surface area contributed by atoms with Crippen LogP contribution in [0.3, 0.4) is 0 Å². The van der Waals surface area contributed by atoms with E-state index >= 15 is 0 Å². The molecule has 3 N–H and O–H groups in total. The quantitative estimate of drug-likeness (QED) is 0.0139. The summed E-state index contributed by atoms with van der Waals surface area (Å²) >= 11 is 0. The molecule has 506 valence electrons. The van der Waals surface area contributed by atoms with Crippen LogP contribution in [0.15, 0.2) is 0 Å². The number of amides is 2. The van der Waals surface area contributed by atoms with E-state index in [1.54, 1.807) is 0 Å². The fourth-order valence-corrected chi connectivity index (χ4v) is 8.17. The summed E-state index contributed by atoms with van der Waals surface area (Å²) in [5.41, 5.74) is 0. The summed E-state index contributed by atoms with van der Waals surface area (Å²) < 4.78 is 136. The molecule has 2 amide bonds. The van der Waals surface area contributed by atoms with Crippen molar-refractivity contribution in [2.45, 2.75) is 148 Å². The number of carbonyl (C=O) groups is 5. The molecule has 0 radical (unpaired) electrons. The molecule has 0 aliphatic heterocycles. The van der Waals surface area contributed by atoms with Gasteiger partial charge >= 0.3 is 17.9 Å². The predicted octanol–water partition coefficient (Wildman–Crippen LogP) is 8.18. The molecule has 27 heteroatoms. The number of carbonyl (C=O) groups excluding carboxylic acids is 3. The highest BCUT2D eigenvalue weighted by molar-refractivity contribution is 5.84. The van der Waals surface area contributed by atoms with Gasteiger partial charge in [0.2, 0.25) is 46.6 Å². The van der Waals surface area contributed by atoms with Crippen LogP contribution in [-0.4, -0.2) is 223 Å². The molecule has 0 saturated carbocycles. The highest BCUT2D eigenvalue weighted by Crippen LogP contribution is 2.29. The molecule has 0 bridgehead atoms. The van der Waals surface area contributed by atoms with E-state index in [0.29, 0.717) is 145 Å². The van der Waals surface area contributed by atoms with Gasteiger partial charge in [-0.1, -0.05) is 90.4 Å². The van der Waals surface area contributed by atoms with E-state index in [1.165, 1.54) is 37.0 Å². The molecule has 0 fully saturated rings. The average Bonchev–Trinajstić information content (AvgIpc) is 3.07. The Morgan fingerprint density at radius 3 is 1.08 bits per heavy atom. The van der Waals surface area contributed by atoms with Crippen molar-refractivity contribution in [3.05, 3.63) is 29.1 Å². The van der Waals surface area contributed by atoms with Crippen LogP contribution in [0, 0.1) is 29.1 Å². The van der Waals surface area contributed by atoms with Gasteiger partial charge < -0.3 is 82.0 Å². The fourth-order valence-electron chi connectivity index (χ4n) is 8.17. The molecule has 1 aromatic rings. The highest BCUT2D eigenvalue weighted by Gasteiger charge is 2.30. The lowest BCUT2D eigenvalue weighted by atomic mass is 10.0. The van der Waals surface area contributed by atoms with Gasteiger partial charge in [0.05, 0.1) is 165 Å². The molecule has 22 nitrogen and oxygen atoms in total. The second-order valence-electron chi connectivity index (χ2n) is 20.0. The number of nitrogens with one attached hydrogen (secondary N) is 1. The first-order valence-electron chi connectivity index (χ1n) is 31.0. The third kappa shape index (κ3) is 46.5. The lowest BCUT2D eigenvalue weighted by Crippen LogP contribution is -2.46. The largest absolute Gasteiger partial charge is 0.481 e. The van der Waals surface area contributed by atoms with E-state index in [9.17, 15) is 51.0 Å². The number of nitrogens with zero attached hydrogens (tertiary/aromatic N) is 1. The normalized spacial score (nSPS) is 11.8. The van der Waals surface area contributed by atoms with Crippen LogP contribution in [0.1, 0.15) is 142 Å². The lowest BCUT2D eigenvalue weighted by molar-refractivity contribution is -0.151. The van der Waals surface area contributed by atoms with Crippen molar-refractivity contribution in [2.24, 2.45) is 0 Å². The Hall–Kier alpha value is -4.26. The van der Waals surface area contributed by atoms with Crippen LogP contribution < -0.4 is 10.1 Å². The molecule has 87 heavy (non-hydrogen) atoms. The van der Waals surface area contributed by atoms with Crippen molar-refractivity contribution < 1.29 is 118 Å². The number of esters is 1. The van der Waals surface area contributed by atoms with Crippen molar-refractivity contribution in [1.82, 2.24) is 10.2 Å². The summed E-state index contributed by atoms with van der Waals surface area (Å²) in [6.45, 7) is 10.5. The molecule has 0 heterocycles. The smallest absolute Gasteiger partial charge is 0.326 e. The minimum atomic E-state index is -2.36. The number of carboxylic acid groups (broad SMARTS) is 2. The SMILES string of the molecule is CCCCCCCCCCCN(C(=O)CCCCCCCCCC(=O)O)C(CCC(=O)NCCOCCOCCOCCOCCOCCOCCOCCOCCOCCOCCOCCOCCC(=O)Oc1c(F)c(F)c(F)c(F)c1F)C(=O)O. The number of carboxylic acids is 2. The Bertz CT molecular complexity index is 1870. The first kappa shape index (κ1) is 80.8. The summed E-state index contributed by atoms with van der Waals surface area (Å²) in [5, 5.41) is 21.8. The molecule has 0 aromatic heterocycles. The van der Waals surface area contributed by atoms with Crippen LogP contribution >= 0.6 is 0 Å². The monoisotopic (exact) mass is 1260 g/mol. The summed E-state index contributed by atoms with van der Waals surface area (Å²) in [5.74, 6) is -16.6.